The van der Waals surface area contributed by atoms with Gasteiger partial charge in [0.2, 0.25) is 0 Å². The number of carbonyl (C=O) groups excluding carboxylic acids is 1. The van der Waals surface area contributed by atoms with E-state index < -0.39 is 5.91 Å². The van der Waals surface area contributed by atoms with Crippen LogP contribution in [0, 0.1) is 0 Å². The molecule has 0 aliphatic carbocycles. The van der Waals surface area contributed by atoms with Gasteiger partial charge in [0.25, 0.3) is 11.5 Å². The Morgan fingerprint density at radius 3 is 2.27 bits per heavy atom. The minimum Gasteiger partial charge on any atom is -0.306 e. The van der Waals surface area contributed by atoms with Crippen molar-refractivity contribution in [2.24, 2.45) is 12.1 Å². The smallest absolute Gasteiger partial charge is 0.288 e. The van der Waals surface area contributed by atoms with Gasteiger partial charge in [-0.1, -0.05) is 84.9 Å². The molecule has 5 aromatic rings. The van der Waals surface area contributed by atoms with E-state index in [1.165, 1.54) is 4.57 Å². The molecule has 5 heteroatoms. The Labute approximate surface area is 190 Å². The van der Waals surface area contributed by atoms with E-state index in [-0.39, 0.29) is 11.3 Å². The van der Waals surface area contributed by atoms with Gasteiger partial charge in [0.05, 0.1) is 6.21 Å². The molecule has 0 aliphatic rings. The van der Waals surface area contributed by atoms with Crippen LogP contribution in [0.15, 0.2) is 107 Å². The van der Waals surface area contributed by atoms with Crippen molar-refractivity contribution >= 4 is 33.7 Å². The van der Waals surface area contributed by atoms with Crippen LogP contribution in [-0.2, 0) is 7.05 Å². The van der Waals surface area contributed by atoms with E-state index in [9.17, 15) is 9.59 Å². The molecule has 5 rings (SSSR count). The predicted molar refractivity (Wildman–Crippen MR) is 134 cm³/mol. The molecular formula is C28H21N3O2. The molecule has 0 saturated heterocycles. The molecule has 1 aromatic heterocycles. The number of hydrogen-bond donors (Lipinski definition) is 1. The number of hydrogen-bond acceptors (Lipinski definition) is 3. The molecule has 1 amide bonds. The summed E-state index contributed by atoms with van der Waals surface area (Å²) < 4.78 is 1.39. The fourth-order valence-corrected chi connectivity index (χ4v) is 4.13. The lowest BCUT2D eigenvalue weighted by atomic mass is 9.96. The molecule has 0 unspecified atom stereocenters. The predicted octanol–water partition coefficient (Wildman–Crippen LogP) is 5.12. The summed E-state index contributed by atoms with van der Waals surface area (Å²) in [6, 6.07) is 31.0. The number of aromatic nitrogens is 1. The summed E-state index contributed by atoms with van der Waals surface area (Å²) in [6.45, 7) is 0. The largest absolute Gasteiger partial charge is 0.306 e. The van der Waals surface area contributed by atoms with Crippen molar-refractivity contribution in [1.29, 1.82) is 0 Å². The molecule has 0 bridgehead atoms. The summed E-state index contributed by atoms with van der Waals surface area (Å²) in [4.78, 5) is 26.3. The van der Waals surface area contributed by atoms with Crippen LogP contribution in [0.2, 0.25) is 0 Å². The van der Waals surface area contributed by atoms with Crippen LogP contribution in [-0.4, -0.2) is 16.7 Å². The van der Waals surface area contributed by atoms with Crippen LogP contribution in [0.1, 0.15) is 16.1 Å². The highest BCUT2D eigenvalue weighted by Crippen LogP contribution is 2.30. The summed E-state index contributed by atoms with van der Waals surface area (Å²) >= 11 is 0. The zero-order chi connectivity index (χ0) is 22.8. The molecule has 0 atom stereocenters. The molecule has 1 heterocycles. The van der Waals surface area contributed by atoms with E-state index in [1.807, 2.05) is 91.0 Å². The van der Waals surface area contributed by atoms with Crippen molar-refractivity contribution < 1.29 is 4.79 Å². The second-order valence-electron chi connectivity index (χ2n) is 7.81. The zero-order valence-corrected chi connectivity index (χ0v) is 18.0. The highest BCUT2D eigenvalue weighted by Gasteiger charge is 2.21. The quantitative estimate of drug-likeness (QED) is 0.317. The van der Waals surface area contributed by atoms with E-state index in [0.717, 1.165) is 27.3 Å². The molecular weight excluding hydrogens is 410 g/mol. The van der Waals surface area contributed by atoms with Crippen LogP contribution >= 0.6 is 0 Å². The Morgan fingerprint density at radius 2 is 1.48 bits per heavy atom. The van der Waals surface area contributed by atoms with Crippen molar-refractivity contribution in [2.45, 2.75) is 0 Å². The molecule has 5 nitrogen and oxygen atoms in total. The number of nitrogens with zero attached hydrogens (tertiary/aromatic N) is 2. The molecule has 0 radical (unpaired) electrons. The van der Waals surface area contributed by atoms with Gasteiger partial charge in [-0.15, -0.1) is 0 Å². The number of amides is 1. The van der Waals surface area contributed by atoms with Gasteiger partial charge in [0.1, 0.15) is 5.69 Å². The maximum atomic E-state index is 13.3. The maximum absolute atomic E-state index is 13.3. The van der Waals surface area contributed by atoms with Crippen molar-refractivity contribution in [1.82, 2.24) is 9.99 Å². The monoisotopic (exact) mass is 431 g/mol. The zero-order valence-electron chi connectivity index (χ0n) is 18.0. The Balaban J connectivity index is 1.56. The molecule has 4 aromatic carbocycles. The average Bonchev–Trinajstić information content (AvgIpc) is 2.86. The van der Waals surface area contributed by atoms with Crippen LogP contribution in [0.3, 0.4) is 0 Å². The summed E-state index contributed by atoms with van der Waals surface area (Å²) in [7, 11) is 1.61. The fraction of sp³-hybridized carbons (Fsp3) is 0.0357. The van der Waals surface area contributed by atoms with Gasteiger partial charge < -0.3 is 4.57 Å². The number of benzene rings is 4. The molecule has 33 heavy (non-hydrogen) atoms. The first-order chi connectivity index (χ1) is 16.1. The van der Waals surface area contributed by atoms with Crippen LogP contribution < -0.4 is 11.0 Å². The first kappa shape index (κ1) is 20.4. The molecule has 0 spiro atoms. The van der Waals surface area contributed by atoms with Gasteiger partial charge in [0, 0.05) is 18.0 Å². The summed E-state index contributed by atoms with van der Waals surface area (Å²) in [5.41, 5.74) is 5.07. The normalized spacial score (nSPS) is 11.3. The minimum absolute atomic E-state index is 0.228. The minimum atomic E-state index is -0.448. The average molecular weight is 431 g/mol. The molecule has 0 fully saturated rings. The van der Waals surface area contributed by atoms with Gasteiger partial charge in [-0.25, -0.2) is 5.43 Å². The first-order valence-corrected chi connectivity index (χ1v) is 10.6. The van der Waals surface area contributed by atoms with E-state index >= 15 is 0 Å². The molecule has 1 N–H and O–H groups in total. The van der Waals surface area contributed by atoms with Crippen molar-refractivity contribution in [3.05, 3.63) is 119 Å². The topological polar surface area (TPSA) is 63.5 Å². The number of fused-ring (bicyclic) bond motifs is 2. The SMILES string of the molecule is Cn1c(C(=O)N/N=C/c2ccc3ccccc3c2)c(-c2ccccc2)c2ccccc2c1=O. The number of rotatable bonds is 4. The van der Waals surface area contributed by atoms with Gasteiger partial charge >= 0.3 is 0 Å². The van der Waals surface area contributed by atoms with Gasteiger partial charge in [-0.05, 0) is 39.4 Å². The highest BCUT2D eigenvalue weighted by molar-refractivity contribution is 6.08. The highest BCUT2D eigenvalue weighted by atomic mass is 16.2. The Hall–Kier alpha value is -4.51. The summed E-state index contributed by atoms with van der Waals surface area (Å²) in [5.74, 6) is -0.448. The Morgan fingerprint density at radius 1 is 0.818 bits per heavy atom. The van der Waals surface area contributed by atoms with Crippen LogP contribution in [0.25, 0.3) is 32.7 Å². The third kappa shape index (κ3) is 3.81. The lowest BCUT2D eigenvalue weighted by molar-refractivity contribution is 0.0947. The summed E-state index contributed by atoms with van der Waals surface area (Å²) in [6.07, 6.45) is 1.60. The maximum Gasteiger partial charge on any atom is 0.288 e. The van der Waals surface area contributed by atoms with Gasteiger partial charge in [-0.2, -0.15) is 5.10 Å². The number of pyridine rings is 1. The summed E-state index contributed by atoms with van der Waals surface area (Å²) in [5, 5.41) is 7.70. The third-order valence-electron chi connectivity index (χ3n) is 5.73. The van der Waals surface area contributed by atoms with Crippen molar-refractivity contribution in [3.8, 4) is 11.1 Å². The van der Waals surface area contributed by atoms with Gasteiger partial charge in [-0.3, -0.25) is 9.59 Å². The van der Waals surface area contributed by atoms with E-state index in [1.54, 1.807) is 19.3 Å². The molecule has 0 aliphatic heterocycles. The lowest BCUT2D eigenvalue weighted by Gasteiger charge is -2.16. The van der Waals surface area contributed by atoms with Crippen molar-refractivity contribution in [3.63, 3.8) is 0 Å². The second-order valence-corrected chi connectivity index (χ2v) is 7.81. The van der Waals surface area contributed by atoms with E-state index in [4.69, 9.17) is 0 Å². The van der Waals surface area contributed by atoms with E-state index in [0.29, 0.717) is 10.9 Å². The number of nitrogens with one attached hydrogen (secondary N) is 1. The first-order valence-electron chi connectivity index (χ1n) is 10.6. The molecule has 160 valence electrons. The lowest BCUT2D eigenvalue weighted by Crippen LogP contribution is -2.30. The van der Waals surface area contributed by atoms with Crippen molar-refractivity contribution in [2.75, 3.05) is 0 Å². The third-order valence-corrected chi connectivity index (χ3v) is 5.73. The van der Waals surface area contributed by atoms with Crippen LogP contribution in [0.4, 0.5) is 0 Å². The number of hydrazone groups is 1. The molecule has 0 saturated carbocycles. The number of carbonyl (C=O) groups is 1. The Kier molecular flexibility index (Phi) is 5.29. The second kappa shape index (κ2) is 8.55. The standard InChI is InChI=1S/C28H21N3O2/c1-31-26(27(32)30-29-18-19-15-16-20-9-5-6-12-22(20)17-19)25(21-10-3-2-4-11-21)23-13-7-8-14-24(23)28(31)33/h2-18H,1H3,(H,30,32)/b29-18+. The fourth-order valence-electron chi connectivity index (χ4n) is 4.13. The van der Waals surface area contributed by atoms with Gasteiger partial charge in [0.15, 0.2) is 0 Å². The van der Waals surface area contributed by atoms with Crippen LogP contribution in [0.5, 0.6) is 0 Å². The van der Waals surface area contributed by atoms with E-state index in [2.05, 4.69) is 10.5 Å². The Bertz CT molecular complexity index is 1580.